The highest BCUT2D eigenvalue weighted by Crippen LogP contribution is 2.36. The zero-order valence-electron chi connectivity index (χ0n) is 12.3. The number of rotatable bonds is 3. The van der Waals surface area contributed by atoms with Gasteiger partial charge in [0.2, 0.25) is 0 Å². The van der Waals surface area contributed by atoms with Crippen molar-refractivity contribution in [1.82, 2.24) is 5.32 Å². The number of carbonyl (C=O) groups excluding carboxylic acids is 1. The van der Waals surface area contributed by atoms with E-state index in [0.717, 1.165) is 12.8 Å². The van der Waals surface area contributed by atoms with Crippen molar-refractivity contribution in [2.75, 3.05) is 13.1 Å². The fraction of sp³-hybridized carbons (Fsp3) is 0.471. The molecule has 3 nitrogen and oxygen atoms in total. The predicted molar refractivity (Wildman–Crippen MR) is 81.2 cm³/mol. The van der Waals surface area contributed by atoms with E-state index < -0.39 is 5.82 Å². The predicted octanol–water partition coefficient (Wildman–Crippen LogP) is 2.45. The van der Waals surface area contributed by atoms with Crippen LogP contribution in [0.15, 0.2) is 18.2 Å². The maximum absolute atomic E-state index is 13.3. The second kappa shape index (κ2) is 6.73. The Hall–Kier alpha value is -1.86. The summed E-state index contributed by atoms with van der Waals surface area (Å²) in [6, 6.07) is 4.02. The molecule has 1 aromatic carbocycles. The van der Waals surface area contributed by atoms with E-state index in [1.807, 2.05) is 0 Å². The lowest BCUT2D eigenvalue weighted by atomic mass is 9.89. The standard InChI is InChI=1S/C17H21FN2O/c1-17(8-2-3-9-17)12-20-16(21)15-7-6-14(18)11-13(15)5-4-10-19/h6-7,11H,2-3,8-10,12,19H2,1H3,(H,20,21). The quantitative estimate of drug-likeness (QED) is 0.839. The average Bonchev–Trinajstić information content (AvgIpc) is 2.90. The molecule has 0 bridgehead atoms. The number of benzene rings is 1. The van der Waals surface area contributed by atoms with E-state index in [4.69, 9.17) is 5.73 Å². The summed E-state index contributed by atoms with van der Waals surface area (Å²) in [5.74, 6) is 4.81. The molecule has 0 unspecified atom stereocenters. The van der Waals surface area contributed by atoms with E-state index in [9.17, 15) is 9.18 Å². The summed E-state index contributed by atoms with van der Waals surface area (Å²) in [7, 11) is 0. The van der Waals surface area contributed by atoms with Crippen LogP contribution in [0.5, 0.6) is 0 Å². The van der Waals surface area contributed by atoms with Gasteiger partial charge in [-0.1, -0.05) is 31.6 Å². The van der Waals surface area contributed by atoms with Crippen LogP contribution in [0.4, 0.5) is 4.39 Å². The third-order valence-electron chi connectivity index (χ3n) is 4.04. The summed E-state index contributed by atoms with van der Waals surface area (Å²) < 4.78 is 13.3. The van der Waals surface area contributed by atoms with Crippen molar-refractivity contribution in [1.29, 1.82) is 0 Å². The van der Waals surface area contributed by atoms with Crippen LogP contribution in [-0.2, 0) is 0 Å². The summed E-state index contributed by atoms with van der Waals surface area (Å²) in [6.45, 7) is 3.02. The van der Waals surface area contributed by atoms with Gasteiger partial charge >= 0.3 is 0 Å². The van der Waals surface area contributed by atoms with Crippen LogP contribution in [0.1, 0.15) is 48.5 Å². The fourth-order valence-corrected chi connectivity index (χ4v) is 2.76. The second-order valence-corrected chi connectivity index (χ2v) is 5.90. The number of carbonyl (C=O) groups is 1. The Morgan fingerprint density at radius 2 is 2.14 bits per heavy atom. The number of halogens is 1. The van der Waals surface area contributed by atoms with Crippen molar-refractivity contribution >= 4 is 5.91 Å². The summed E-state index contributed by atoms with van der Waals surface area (Å²) in [5, 5.41) is 2.96. The van der Waals surface area contributed by atoms with Crippen LogP contribution in [0.2, 0.25) is 0 Å². The monoisotopic (exact) mass is 288 g/mol. The fourth-order valence-electron chi connectivity index (χ4n) is 2.76. The van der Waals surface area contributed by atoms with Gasteiger partial charge in [-0.05, 0) is 36.5 Å². The van der Waals surface area contributed by atoms with Gasteiger partial charge in [-0.2, -0.15) is 0 Å². The van der Waals surface area contributed by atoms with Crippen molar-refractivity contribution in [3.63, 3.8) is 0 Å². The number of nitrogens with two attached hydrogens (primary N) is 1. The highest BCUT2D eigenvalue weighted by Gasteiger charge is 2.29. The number of amides is 1. The molecule has 0 atom stereocenters. The van der Waals surface area contributed by atoms with Crippen LogP contribution in [0.25, 0.3) is 0 Å². The first kappa shape index (κ1) is 15.5. The number of hydrogen-bond donors (Lipinski definition) is 2. The molecule has 21 heavy (non-hydrogen) atoms. The molecule has 4 heteroatoms. The van der Waals surface area contributed by atoms with Crippen LogP contribution in [0, 0.1) is 23.1 Å². The van der Waals surface area contributed by atoms with E-state index in [1.54, 1.807) is 0 Å². The Labute approximate surface area is 125 Å². The van der Waals surface area contributed by atoms with Crippen LogP contribution < -0.4 is 11.1 Å². The first-order valence-corrected chi connectivity index (χ1v) is 7.31. The Balaban J connectivity index is 2.11. The molecular weight excluding hydrogens is 267 g/mol. The lowest BCUT2D eigenvalue weighted by molar-refractivity contribution is 0.0934. The van der Waals surface area contributed by atoms with E-state index in [1.165, 1.54) is 31.0 Å². The second-order valence-electron chi connectivity index (χ2n) is 5.90. The van der Waals surface area contributed by atoms with Crippen molar-refractivity contribution in [3.8, 4) is 11.8 Å². The minimum Gasteiger partial charge on any atom is -0.351 e. The number of hydrogen-bond acceptors (Lipinski definition) is 2. The van der Waals surface area contributed by atoms with Crippen molar-refractivity contribution < 1.29 is 9.18 Å². The molecule has 1 saturated carbocycles. The summed E-state index contributed by atoms with van der Waals surface area (Å²) in [4.78, 5) is 12.3. The summed E-state index contributed by atoms with van der Waals surface area (Å²) in [5.41, 5.74) is 6.30. The van der Waals surface area contributed by atoms with Gasteiger partial charge in [0.1, 0.15) is 5.82 Å². The zero-order valence-corrected chi connectivity index (χ0v) is 12.3. The van der Waals surface area contributed by atoms with Gasteiger partial charge in [0.05, 0.1) is 12.1 Å². The average molecular weight is 288 g/mol. The molecule has 0 saturated heterocycles. The summed E-state index contributed by atoms with van der Waals surface area (Å²) in [6.07, 6.45) is 4.71. The molecule has 1 fully saturated rings. The van der Waals surface area contributed by atoms with E-state index in [2.05, 4.69) is 24.1 Å². The molecule has 0 aromatic heterocycles. The van der Waals surface area contributed by atoms with Gasteiger partial charge < -0.3 is 11.1 Å². The lowest BCUT2D eigenvalue weighted by Gasteiger charge is -2.23. The van der Waals surface area contributed by atoms with Crippen LogP contribution in [0.3, 0.4) is 0 Å². The van der Waals surface area contributed by atoms with E-state index in [0.29, 0.717) is 17.7 Å². The molecule has 1 aromatic rings. The zero-order chi connectivity index (χ0) is 15.3. The Bertz CT molecular complexity index is 580. The molecule has 2 rings (SSSR count). The highest BCUT2D eigenvalue weighted by atomic mass is 19.1. The van der Waals surface area contributed by atoms with Crippen molar-refractivity contribution in [3.05, 3.63) is 35.1 Å². The molecule has 1 amide bonds. The van der Waals surface area contributed by atoms with Crippen LogP contribution in [-0.4, -0.2) is 19.0 Å². The largest absolute Gasteiger partial charge is 0.351 e. The molecule has 1 aliphatic rings. The smallest absolute Gasteiger partial charge is 0.252 e. The SMILES string of the molecule is CC1(CNC(=O)c2ccc(F)cc2C#CCN)CCCC1. The first-order chi connectivity index (χ1) is 10.0. The Kier molecular flexibility index (Phi) is 4.98. The van der Waals surface area contributed by atoms with Gasteiger partial charge in [0, 0.05) is 12.1 Å². The Morgan fingerprint density at radius 3 is 2.81 bits per heavy atom. The number of nitrogens with one attached hydrogen (secondary N) is 1. The first-order valence-electron chi connectivity index (χ1n) is 7.31. The van der Waals surface area contributed by atoms with Gasteiger partial charge in [-0.25, -0.2) is 4.39 Å². The van der Waals surface area contributed by atoms with Gasteiger partial charge in [-0.3, -0.25) is 4.79 Å². The maximum atomic E-state index is 13.3. The third-order valence-corrected chi connectivity index (χ3v) is 4.04. The molecule has 0 heterocycles. The topological polar surface area (TPSA) is 55.1 Å². The molecule has 1 aliphatic carbocycles. The highest BCUT2D eigenvalue weighted by molar-refractivity contribution is 5.96. The molecule has 0 aliphatic heterocycles. The molecule has 112 valence electrons. The Morgan fingerprint density at radius 1 is 1.43 bits per heavy atom. The van der Waals surface area contributed by atoms with E-state index >= 15 is 0 Å². The maximum Gasteiger partial charge on any atom is 0.252 e. The molecule has 3 N–H and O–H groups in total. The molecule has 0 spiro atoms. The third kappa shape index (κ3) is 4.05. The molecular formula is C17H21FN2O. The van der Waals surface area contributed by atoms with Crippen LogP contribution >= 0.6 is 0 Å². The van der Waals surface area contributed by atoms with Gasteiger partial charge in [0.15, 0.2) is 0 Å². The normalized spacial score (nSPS) is 16.1. The van der Waals surface area contributed by atoms with Crippen molar-refractivity contribution in [2.45, 2.75) is 32.6 Å². The molecule has 0 radical (unpaired) electrons. The van der Waals surface area contributed by atoms with Gasteiger partial charge in [-0.15, -0.1) is 0 Å². The summed E-state index contributed by atoms with van der Waals surface area (Å²) >= 11 is 0. The van der Waals surface area contributed by atoms with Gasteiger partial charge in [0.25, 0.3) is 5.91 Å². The van der Waals surface area contributed by atoms with E-state index in [-0.39, 0.29) is 17.9 Å². The van der Waals surface area contributed by atoms with Crippen molar-refractivity contribution in [2.24, 2.45) is 11.1 Å². The lowest BCUT2D eigenvalue weighted by Crippen LogP contribution is -2.34. The minimum absolute atomic E-state index is 0.176. The minimum atomic E-state index is -0.407.